The lowest BCUT2D eigenvalue weighted by molar-refractivity contribution is -0.122. The van der Waals surface area contributed by atoms with E-state index >= 15 is 0 Å². The Morgan fingerprint density at radius 1 is 0.971 bits per heavy atom. The van der Waals surface area contributed by atoms with Gasteiger partial charge in [0.2, 0.25) is 0 Å². The molecular formula is C26H19FI2N2O4. The first-order valence-corrected chi connectivity index (χ1v) is 12.7. The number of carbonyl (C=O) groups is 3. The monoisotopic (exact) mass is 696 g/mol. The standard InChI is InChI=1S/C26H19FI2N2O4/c1-14-7-8-18(9-15(14)2)31-25(33)19(24(32)30-26(31)34)10-16-11-21(28)23(22(29)12-16)35-13-17-5-3-4-6-20(17)27/h3-12H,13H2,1-2H3,(H,30,32,34)/b19-10+. The van der Waals surface area contributed by atoms with Crippen molar-refractivity contribution in [1.82, 2.24) is 5.32 Å². The molecule has 0 saturated carbocycles. The van der Waals surface area contributed by atoms with E-state index in [9.17, 15) is 18.8 Å². The van der Waals surface area contributed by atoms with Crippen molar-refractivity contribution in [3.05, 3.63) is 95.4 Å². The summed E-state index contributed by atoms with van der Waals surface area (Å²) in [6, 6.07) is 14.3. The van der Waals surface area contributed by atoms with Crippen LogP contribution in [0.4, 0.5) is 14.9 Å². The Bertz CT molecular complexity index is 1380. The fourth-order valence-corrected chi connectivity index (χ4v) is 5.62. The first kappa shape index (κ1) is 25.3. The molecule has 0 radical (unpaired) electrons. The van der Waals surface area contributed by atoms with Crippen molar-refractivity contribution in [3.8, 4) is 5.75 Å². The van der Waals surface area contributed by atoms with Gasteiger partial charge in [-0.2, -0.15) is 0 Å². The highest BCUT2D eigenvalue weighted by Crippen LogP contribution is 2.31. The Balaban J connectivity index is 1.62. The highest BCUT2D eigenvalue weighted by atomic mass is 127. The number of hydrogen-bond acceptors (Lipinski definition) is 4. The number of nitrogens with one attached hydrogen (secondary N) is 1. The number of barbiturate groups is 1. The van der Waals surface area contributed by atoms with E-state index < -0.39 is 17.8 Å². The van der Waals surface area contributed by atoms with Crippen molar-refractivity contribution < 1.29 is 23.5 Å². The van der Waals surface area contributed by atoms with Gasteiger partial charge < -0.3 is 4.74 Å². The van der Waals surface area contributed by atoms with Gasteiger partial charge in [-0.15, -0.1) is 0 Å². The van der Waals surface area contributed by atoms with Gasteiger partial charge in [0.25, 0.3) is 11.8 Å². The van der Waals surface area contributed by atoms with E-state index in [0.717, 1.165) is 23.2 Å². The largest absolute Gasteiger partial charge is 0.487 e. The van der Waals surface area contributed by atoms with Crippen LogP contribution in [0.5, 0.6) is 5.75 Å². The van der Waals surface area contributed by atoms with Gasteiger partial charge in [-0.3, -0.25) is 14.9 Å². The predicted octanol–water partition coefficient (Wildman–Crippen LogP) is 5.90. The maximum Gasteiger partial charge on any atom is 0.335 e. The first-order valence-electron chi connectivity index (χ1n) is 10.5. The van der Waals surface area contributed by atoms with E-state index in [2.05, 4.69) is 50.5 Å². The van der Waals surface area contributed by atoms with Crippen LogP contribution in [0.25, 0.3) is 6.08 Å². The summed E-state index contributed by atoms with van der Waals surface area (Å²) in [5.74, 6) is -1.23. The second-order valence-corrected chi connectivity index (χ2v) is 10.2. The number of imide groups is 2. The highest BCUT2D eigenvalue weighted by molar-refractivity contribution is 14.1. The minimum Gasteiger partial charge on any atom is -0.487 e. The van der Waals surface area contributed by atoms with Crippen molar-refractivity contribution in [1.29, 1.82) is 0 Å². The number of carbonyl (C=O) groups excluding carboxylic acids is 3. The number of halogens is 3. The first-order chi connectivity index (χ1) is 16.7. The maximum atomic E-state index is 13.9. The number of anilines is 1. The Morgan fingerprint density at radius 2 is 1.66 bits per heavy atom. The SMILES string of the molecule is Cc1ccc(N2C(=O)NC(=O)/C(=C\c3cc(I)c(OCc4ccccc4F)c(I)c3)C2=O)cc1C. The van der Waals surface area contributed by atoms with E-state index in [0.29, 0.717) is 22.6 Å². The van der Waals surface area contributed by atoms with Crippen LogP contribution < -0.4 is 15.0 Å². The number of urea groups is 1. The van der Waals surface area contributed by atoms with Crippen LogP contribution in [0.2, 0.25) is 0 Å². The summed E-state index contributed by atoms with van der Waals surface area (Å²) in [5.41, 5.74) is 3.19. The molecule has 0 aliphatic carbocycles. The summed E-state index contributed by atoms with van der Waals surface area (Å²) < 4.78 is 21.2. The molecule has 4 amide bonds. The number of ether oxygens (including phenoxy) is 1. The molecule has 0 atom stereocenters. The highest BCUT2D eigenvalue weighted by Gasteiger charge is 2.37. The van der Waals surface area contributed by atoms with Gasteiger partial charge in [-0.05, 0) is 112 Å². The Morgan fingerprint density at radius 3 is 2.31 bits per heavy atom. The molecule has 0 aromatic heterocycles. The molecule has 178 valence electrons. The van der Waals surface area contributed by atoms with Crippen LogP contribution in [0, 0.1) is 26.8 Å². The number of benzene rings is 3. The van der Waals surface area contributed by atoms with Gasteiger partial charge in [-0.1, -0.05) is 24.3 Å². The average molecular weight is 696 g/mol. The predicted molar refractivity (Wildman–Crippen MR) is 148 cm³/mol. The molecule has 3 aromatic rings. The number of amides is 4. The van der Waals surface area contributed by atoms with E-state index in [1.54, 1.807) is 42.5 Å². The maximum absolute atomic E-state index is 13.9. The molecule has 1 saturated heterocycles. The smallest absolute Gasteiger partial charge is 0.335 e. The van der Waals surface area contributed by atoms with Gasteiger partial charge in [-0.25, -0.2) is 14.1 Å². The Kier molecular flexibility index (Phi) is 7.55. The lowest BCUT2D eigenvalue weighted by atomic mass is 10.1. The zero-order valence-electron chi connectivity index (χ0n) is 18.7. The lowest BCUT2D eigenvalue weighted by Crippen LogP contribution is -2.54. The van der Waals surface area contributed by atoms with Gasteiger partial charge in [0, 0.05) is 5.56 Å². The summed E-state index contributed by atoms with van der Waals surface area (Å²) in [7, 11) is 0. The lowest BCUT2D eigenvalue weighted by Gasteiger charge is -2.27. The van der Waals surface area contributed by atoms with Gasteiger partial charge in [0.1, 0.15) is 23.7 Å². The van der Waals surface area contributed by atoms with Crippen LogP contribution in [-0.2, 0) is 16.2 Å². The second-order valence-electron chi connectivity index (χ2n) is 7.92. The quantitative estimate of drug-likeness (QED) is 0.205. The van der Waals surface area contributed by atoms with E-state index in [4.69, 9.17) is 4.74 Å². The van der Waals surface area contributed by atoms with Crippen LogP contribution in [0.15, 0.2) is 60.2 Å². The average Bonchev–Trinajstić information content (AvgIpc) is 2.79. The molecule has 3 aromatic carbocycles. The molecule has 0 bridgehead atoms. The molecule has 1 N–H and O–H groups in total. The molecular weight excluding hydrogens is 677 g/mol. The fraction of sp³-hybridized carbons (Fsp3) is 0.115. The van der Waals surface area contributed by atoms with E-state index in [1.807, 2.05) is 19.9 Å². The number of nitrogens with zero attached hydrogens (tertiary/aromatic N) is 1. The zero-order chi connectivity index (χ0) is 25.3. The second kappa shape index (κ2) is 10.4. The summed E-state index contributed by atoms with van der Waals surface area (Å²) in [6.07, 6.45) is 1.45. The molecule has 1 heterocycles. The van der Waals surface area contributed by atoms with Crippen molar-refractivity contribution >= 4 is 74.8 Å². The van der Waals surface area contributed by atoms with Crippen LogP contribution in [0.3, 0.4) is 0 Å². The third kappa shape index (κ3) is 5.40. The van der Waals surface area contributed by atoms with Gasteiger partial charge in [0.05, 0.1) is 12.8 Å². The molecule has 6 nitrogen and oxygen atoms in total. The number of rotatable bonds is 5. The molecule has 0 unspecified atom stereocenters. The minimum absolute atomic E-state index is 0.0625. The Labute approximate surface area is 228 Å². The molecule has 1 fully saturated rings. The zero-order valence-corrected chi connectivity index (χ0v) is 23.0. The summed E-state index contributed by atoms with van der Waals surface area (Å²) in [5, 5.41) is 2.24. The van der Waals surface area contributed by atoms with Crippen LogP contribution in [0.1, 0.15) is 22.3 Å². The summed E-state index contributed by atoms with van der Waals surface area (Å²) >= 11 is 4.18. The topological polar surface area (TPSA) is 75.7 Å². The summed E-state index contributed by atoms with van der Waals surface area (Å²) in [6.45, 7) is 3.87. The normalized spacial score (nSPS) is 14.9. The number of hydrogen-bond donors (Lipinski definition) is 1. The van der Waals surface area contributed by atoms with Crippen LogP contribution >= 0.6 is 45.2 Å². The molecule has 1 aliphatic heterocycles. The molecule has 35 heavy (non-hydrogen) atoms. The van der Waals surface area contributed by atoms with Crippen molar-refractivity contribution in [2.24, 2.45) is 0 Å². The van der Waals surface area contributed by atoms with E-state index in [1.165, 1.54) is 12.1 Å². The molecule has 9 heteroatoms. The molecule has 4 rings (SSSR count). The third-order valence-electron chi connectivity index (χ3n) is 5.51. The van der Waals surface area contributed by atoms with E-state index in [-0.39, 0.29) is 18.0 Å². The van der Waals surface area contributed by atoms with Crippen molar-refractivity contribution in [2.45, 2.75) is 20.5 Å². The molecule has 1 aliphatic rings. The molecule has 0 spiro atoms. The van der Waals surface area contributed by atoms with Crippen molar-refractivity contribution in [2.75, 3.05) is 4.90 Å². The fourth-order valence-electron chi connectivity index (χ4n) is 3.49. The Hall–Kier alpha value is -2.80. The van der Waals surface area contributed by atoms with Gasteiger partial charge in [0.15, 0.2) is 0 Å². The summed E-state index contributed by atoms with van der Waals surface area (Å²) in [4.78, 5) is 39.2. The van der Waals surface area contributed by atoms with Gasteiger partial charge >= 0.3 is 6.03 Å². The van der Waals surface area contributed by atoms with Crippen LogP contribution in [-0.4, -0.2) is 17.8 Å². The third-order valence-corrected chi connectivity index (χ3v) is 7.11. The minimum atomic E-state index is -0.790. The number of aryl methyl sites for hydroxylation is 2. The van der Waals surface area contributed by atoms with Crippen molar-refractivity contribution in [3.63, 3.8) is 0 Å².